The summed E-state index contributed by atoms with van der Waals surface area (Å²) in [5.41, 5.74) is 2.75. The second-order valence-corrected chi connectivity index (χ2v) is 8.07. The van der Waals surface area contributed by atoms with Gasteiger partial charge in [-0.15, -0.1) is 0 Å². The molecule has 3 rings (SSSR count). The minimum absolute atomic E-state index is 0.0856. The van der Waals surface area contributed by atoms with Crippen molar-refractivity contribution in [1.29, 1.82) is 0 Å². The first-order chi connectivity index (χ1) is 11.8. The molecule has 0 aromatic heterocycles. The lowest BCUT2D eigenvalue weighted by atomic mass is 9.87. The van der Waals surface area contributed by atoms with E-state index in [2.05, 4.69) is 5.32 Å². The Hall–Kier alpha value is -2.04. The van der Waals surface area contributed by atoms with Crippen LogP contribution in [0.25, 0.3) is 0 Å². The molecule has 1 N–H and O–H groups in total. The summed E-state index contributed by atoms with van der Waals surface area (Å²) in [6.45, 7) is 7.33. The Bertz CT molecular complexity index is 657. The van der Waals surface area contributed by atoms with E-state index in [4.69, 9.17) is 4.74 Å². The molecule has 1 heterocycles. The standard InChI is InChI=1S/C20H28N2O3/c1-20(2,3)25-19(24)21-17-9-8-14-12-16(7-6-15(14)13-17)18(23)22-10-4-5-11-22/h6-7,12,17H,4-5,8-11,13H2,1-3H3,(H,21,24). The summed E-state index contributed by atoms with van der Waals surface area (Å²) >= 11 is 0. The van der Waals surface area contributed by atoms with E-state index in [1.54, 1.807) is 0 Å². The normalized spacial score (nSPS) is 20.1. The fourth-order valence-electron chi connectivity index (χ4n) is 3.59. The molecule has 1 aliphatic carbocycles. The van der Waals surface area contributed by atoms with Gasteiger partial charge in [0.2, 0.25) is 0 Å². The van der Waals surface area contributed by atoms with Gasteiger partial charge in [0.25, 0.3) is 5.91 Å². The first-order valence-electron chi connectivity index (χ1n) is 9.22. The van der Waals surface area contributed by atoms with Crippen molar-refractivity contribution in [3.05, 3.63) is 34.9 Å². The smallest absolute Gasteiger partial charge is 0.407 e. The molecule has 2 aliphatic rings. The highest BCUT2D eigenvalue weighted by Crippen LogP contribution is 2.24. The van der Waals surface area contributed by atoms with Gasteiger partial charge in [-0.25, -0.2) is 4.79 Å². The molecule has 5 nitrogen and oxygen atoms in total. The lowest BCUT2D eigenvalue weighted by molar-refractivity contribution is 0.0500. The number of nitrogens with zero attached hydrogens (tertiary/aromatic N) is 1. The maximum atomic E-state index is 12.5. The molecule has 1 saturated heterocycles. The molecule has 0 bridgehead atoms. The highest BCUT2D eigenvalue weighted by molar-refractivity contribution is 5.94. The highest BCUT2D eigenvalue weighted by atomic mass is 16.6. The quantitative estimate of drug-likeness (QED) is 0.895. The number of amides is 2. The van der Waals surface area contributed by atoms with Gasteiger partial charge < -0.3 is 15.0 Å². The molecule has 25 heavy (non-hydrogen) atoms. The number of hydrogen-bond acceptors (Lipinski definition) is 3. The van der Waals surface area contributed by atoms with Crippen molar-refractivity contribution in [3.63, 3.8) is 0 Å². The number of fused-ring (bicyclic) bond motifs is 1. The third-order valence-corrected chi connectivity index (χ3v) is 4.80. The van der Waals surface area contributed by atoms with Gasteiger partial charge in [-0.05, 0) is 76.1 Å². The van der Waals surface area contributed by atoms with Crippen molar-refractivity contribution in [3.8, 4) is 0 Å². The van der Waals surface area contributed by atoms with Gasteiger partial charge in [0, 0.05) is 24.7 Å². The highest BCUT2D eigenvalue weighted by Gasteiger charge is 2.25. The van der Waals surface area contributed by atoms with E-state index in [0.717, 1.165) is 50.8 Å². The van der Waals surface area contributed by atoms with E-state index in [1.165, 1.54) is 11.1 Å². The minimum Gasteiger partial charge on any atom is -0.444 e. The number of benzene rings is 1. The second kappa shape index (κ2) is 7.06. The van der Waals surface area contributed by atoms with E-state index in [9.17, 15) is 9.59 Å². The van der Waals surface area contributed by atoms with Crippen molar-refractivity contribution in [2.45, 2.75) is 64.5 Å². The predicted octanol–water partition coefficient (Wildman–Crippen LogP) is 3.30. The summed E-state index contributed by atoms with van der Waals surface area (Å²) < 4.78 is 5.34. The number of likely N-dealkylation sites (tertiary alicyclic amines) is 1. The van der Waals surface area contributed by atoms with Gasteiger partial charge >= 0.3 is 6.09 Å². The number of ether oxygens (including phenoxy) is 1. The first-order valence-corrected chi connectivity index (χ1v) is 9.22. The second-order valence-electron chi connectivity index (χ2n) is 8.07. The van der Waals surface area contributed by atoms with Crippen LogP contribution in [-0.2, 0) is 17.6 Å². The molecule has 1 aliphatic heterocycles. The summed E-state index contributed by atoms with van der Waals surface area (Å²) in [5, 5.41) is 2.96. The number of carbonyl (C=O) groups is 2. The number of nitrogens with one attached hydrogen (secondary N) is 1. The van der Waals surface area contributed by atoms with E-state index in [0.29, 0.717) is 0 Å². The molecule has 0 radical (unpaired) electrons. The molecule has 1 aromatic carbocycles. The number of rotatable bonds is 2. The molecule has 136 valence electrons. The monoisotopic (exact) mass is 344 g/mol. The number of alkyl carbamates (subject to hydrolysis) is 1. The summed E-state index contributed by atoms with van der Waals surface area (Å²) in [5.74, 6) is 0.148. The van der Waals surface area contributed by atoms with Crippen LogP contribution in [0.1, 0.15) is 61.5 Å². The number of aryl methyl sites for hydroxylation is 1. The lowest BCUT2D eigenvalue weighted by Gasteiger charge is -2.28. The SMILES string of the molecule is CC(C)(C)OC(=O)NC1CCc2cc(C(=O)N3CCCC3)ccc2C1. The van der Waals surface area contributed by atoms with Crippen molar-refractivity contribution in [2.75, 3.05) is 13.1 Å². The van der Waals surface area contributed by atoms with Crippen molar-refractivity contribution < 1.29 is 14.3 Å². The lowest BCUT2D eigenvalue weighted by Crippen LogP contribution is -2.41. The van der Waals surface area contributed by atoms with Gasteiger partial charge in [-0.1, -0.05) is 6.07 Å². The predicted molar refractivity (Wildman–Crippen MR) is 96.8 cm³/mol. The first kappa shape index (κ1) is 17.8. The fourth-order valence-corrected chi connectivity index (χ4v) is 3.59. The van der Waals surface area contributed by atoms with Gasteiger partial charge in [0.15, 0.2) is 0 Å². The summed E-state index contributed by atoms with van der Waals surface area (Å²) in [7, 11) is 0. The van der Waals surface area contributed by atoms with E-state index in [-0.39, 0.29) is 18.0 Å². The van der Waals surface area contributed by atoms with Crippen LogP contribution >= 0.6 is 0 Å². The van der Waals surface area contributed by atoms with Crippen molar-refractivity contribution >= 4 is 12.0 Å². The van der Waals surface area contributed by atoms with Gasteiger partial charge in [0.1, 0.15) is 5.60 Å². The molecule has 5 heteroatoms. The average molecular weight is 344 g/mol. The summed E-state index contributed by atoms with van der Waals surface area (Å²) in [6, 6.07) is 6.10. The molecule has 1 aromatic rings. The third kappa shape index (κ3) is 4.53. The average Bonchev–Trinajstić information content (AvgIpc) is 3.06. The Balaban J connectivity index is 1.62. The zero-order chi connectivity index (χ0) is 18.0. The summed E-state index contributed by atoms with van der Waals surface area (Å²) in [6.07, 6.45) is 4.38. The van der Waals surface area contributed by atoms with Crippen LogP contribution in [0.5, 0.6) is 0 Å². The molecule has 1 atom stereocenters. The number of carbonyl (C=O) groups excluding carboxylic acids is 2. The molecular weight excluding hydrogens is 316 g/mol. The van der Waals surface area contributed by atoms with Crippen LogP contribution in [-0.4, -0.2) is 41.6 Å². The topological polar surface area (TPSA) is 58.6 Å². The zero-order valence-electron chi connectivity index (χ0n) is 15.4. The third-order valence-electron chi connectivity index (χ3n) is 4.80. The number of hydrogen-bond donors (Lipinski definition) is 1. The van der Waals surface area contributed by atoms with Crippen molar-refractivity contribution in [2.24, 2.45) is 0 Å². The molecular formula is C20H28N2O3. The van der Waals surface area contributed by atoms with E-state index < -0.39 is 5.60 Å². The fraction of sp³-hybridized carbons (Fsp3) is 0.600. The molecule has 1 unspecified atom stereocenters. The van der Waals surface area contributed by atoms with Gasteiger partial charge in [-0.3, -0.25) is 4.79 Å². The van der Waals surface area contributed by atoms with Crippen molar-refractivity contribution in [1.82, 2.24) is 10.2 Å². The van der Waals surface area contributed by atoms with Crippen LogP contribution in [0.3, 0.4) is 0 Å². The molecule has 0 spiro atoms. The van der Waals surface area contributed by atoms with Crippen LogP contribution in [0, 0.1) is 0 Å². The minimum atomic E-state index is -0.485. The molecule has 2 amide bonds. The largest absolute Gasteiger partial charge is 0.444 e. The zero-order valence-corrected chi connectivity index (χ0v) is 15.4. The van der Waals surface area contributed by atoms with Crippen LogP contribution in [0.15, 0.2) is 18.2 Å². The van der Waals surface area contributed by atoms with Gasteiger partial charge in [-0.2, -0.15) is 0 Å². The van der Waals surface area contributed by atoms with Gasteiger partial charge in [0.05, 0.1) is 0 Å². The van der Waals surface area contributed by atoms with Crippen LogP contribution < -0.4 is 5.32 Å². The molecule has 0 saturated carbocycles. The molecule has 1 fully saturated rings. The Kier molecular flexibility index (Phi) is 5.02. The van der Waals surface area contributed by atoms with E-state index in [1.807, 2.05) is 43.9 Å². The van der Waals surface area contributed by atoms with E-state index >= 15 is 0 Å². The Morgan fingerprint density at radius 1 is 1.16 bits per heavy atom. The van der Waals surface area contributed by atoms with Crippen LogP contribution in [0.2, 0.25) is 0 Å². The van der Waals surface area contributed by atoms with Crippen LogP contribution in [0.4, 0.5) is 4.79 Å². The maximum Gasteiger partial charge on any atom is 0.407 e. The Morgan fingerprint density at radius 2 is 1.88 bits per heavy atom. The Labute approximate surface area is 149 Å². The summed E-state index contributed by atoms with van der Waals surface area (Å²) in [4.78, 5) is 26.4. The Morgan fingerprint density at radius 3 is 2.56 bits per heavy atom. The maximum absolute atomic E-state index is 12.5.